The summed E-state index contributed by atoms with van der Waals surface area (Å²) in [7, 11) is 0. The fourth-order valence-corrected chi connectivity index (χ4v) is 4.04. The number of benzene rings is 1. The molecule has 2 saturated heterocycles. The summed E-state index contributed by atoms with van der Waals surface area (Å²) >= 11 is 5.89. The van der Waals surface area contributed by atoms with Crippen molar-refractivity contribution >= 4 is 34.8 Å². The van der Waals surface area contributed by atoms with Crippen LogP contribution in [0.15, 0.2) is 36.7 Å². The molecule has 1 aromatic carbocycles. The number of halogens is 1. The van der Waals surface area contributed by atoms with Gasteiger partial charge in [-0.2, -0.15) is 0 Å². The normalized spacial score (nSPS) is 18.2. The lowest BCUT2D eigenvalue weighted by Gasteiger charge is -2.33. The van der Waals surface area contributed by atoms with Crippen LogP contribution in [0, 0.1) is 5.92 Å². The molecule has 2 fully saturated rings. The molecule has 0 spiro atoms. The maximum Gasteiger partial charge on any atom is 0.227 e. The molecule has 0 bridgehead atoms. The third-order valence-corrected chi connectivity index (χ3v) is 5.86. The van der Waals surface area contributed by atoms with Crippen LogP contribution in [0.4, 0.5) is 17.3 Å². The monoisotopic (exact) mass is 399 g/mol. The topological polar surface area (TPSA) is 61.4 Å². The molecule has 2 aliphatic rings. The molecule has 28 heavy (non-hydrogen) atoms. The van der Waals surface area contributed by atoms with Crippen LogP contribution >= 0.6 is 11.6 Å². The van der Waals surface area contributed by atoms with E-state index in [9.17, 15) is 4.79 Å². The molecule has 2 aromatic rings. The van der Waals surface area contributed by atoms with E-state index in [1.54, 1.807) is 12.1 Å². The van der Waals surface area contributed by atoms with Gasteiger partial charge < -0.3 is 15.1 Å². The van der Waals surface area contributed by atoms with Gasteiger partial charge in [0, 0.05) is 42.8 Å². The summed E-state index contributed by atoms with van der Waals surface area (Å²) in [5.41, 5.74) is 1.83. The zero-order valence-electron chi connectivity index (χ0n) is 16.0. The van der Waals surface area contributed by atoms with Crippen molar-refractivity contribution < 1.29 is 4.79 Å². The van der Waals surface area contributed by atoms with E-state index in [-0.39, 0.29) is 11.8 Å². The molecule has 148 valence electrons. The quantitative estimate of drug-likeness (QED) is 0.842. The molecule has 6 nitrogen and oxygen atoms in total. The molecule has 2 aliphatic heterocycles. The zero-order valence-corrected chi connectivity index (χ0v) is 16.7. The van der Waals surface area contributed by atoms with Gasteiger partial charge in [0.15, 0.2) is 0 Å². The van der Waals surface area contributed by atoms with Gasteiger partial charge in [-0.1, -0.05) is 11.6 Å². The Balaban J connectivity index is 1.29. The minimum absolute atomic E-state index is 0.0282. The van der Waals surface area contributed by atoms with Crippen LogP contribution in [-0.4, -0.2) is 42.1 Å². The van der Waals surface area contributed by atoms with Crippen LogP contribution in [-0.2, 0) is 4.79 Å². The van der Waals surface area contributed by atoms with E-state index >= 15 is 0 Å². The summed E-state index contributed by atoms with van der Waals surface area (Å²) in [6, 6.07) is 7.23. The molecule has 0 unspecified atom stereocenters. The third-order valence-electron chi connectivity index (χ3n) is 5.61. The molecule has 1 aromatic heterocycles. The first-order valence-corrected chi connectivity index (χ1v) is 10.5. The highest BCUT2D eigenvalue weighted by Gasteiger charge is 2.25. The standard InChI is InChI=1S/C21H26ClN5O/c22-17-4-6-18(7-5-17)25-20(28)16-8-12-26(13-9-16)19-14-23-21(24-15-19)27-10-2-1-3-11-27/h4-7,14-16H,1-3,8-13H2,(H,25,28). The van der Waals surface area contributed by atoms with Gasteiger partial charge in [-0.25, -0.2) is 9.97 Å². The highest BCUT2D eigenvalue weighted by molar-refractivity contribution is 6.30. The Morgan fingerprint density at radius 3 is 2.21 bits per heavy atom. The molecular formula is C21H26ClN5O. The Bertz CT molecular complexity index is 781. The number of rotatable bonds is 4. The van der Waals surface area contributed by atoms with Crippen molar-refractivity contribution in [3.8, 4) is 0 Å². The fourth-order valence-electron chi connectivity index (χ4n) is 3.91. The van der Waals surface area contributed by atoms with Gasteiger partial charge in [-0.3, -0.25) is 4.79 Å². The predicted octanol–water partition coefficient (Wildman–Crippen LogP) is 3.98. The van der Waals surface area contributed by atoms with Crippen LogP contribution in [0.25, 0.3) is 0 Å². The molecule has 3 heterocycles. The van der Waals surface area contributed by atoms with E-state index in [0.29, 0.717) is 5.02 Å². The molecule has 0 atom stereocenters. The van der Waals surface area contributed by atoms with Gasteiger partial charge in [0.05, 0.1) is 18.1 Å². The molecular weight excluding hydrogens is 374 g/mol. The first-order valence-electron chi connectivity index (χ1n) is 10.1. The largest absolute Gasteiger partial charge is 0.369 e. The van der Waals surface area contributed by atoms with Crippen molar-refractivity contribution in [3.63, 3.8) is 0 Å². The van der Waals surface area contributed by atoms with E-state index in [2.05, 4.69) is 25.1 Å². The molecule has 4 rings (SSSR count). The van der Waals surface area contributed by atoms with Gasteiger partial charge in [0.2, 0.25) is 11.9 Å². The Morgan fingerprint density at radius 2 is 1.57 bits per heavy atom. The van der Waals surface area contributed by atoms with Gasteiger partial charge >= 0.3 is 0 Å². The highest BCUT2D eigenvalue weighted by atomic mass is 35.5. The summed E-state index contributed by atoms with van der Waals surface area (Å²) in [4.78, 5) is 26.2. The summed E-state index contributed by atoms with van der Waals surface area (Å²) in [5.74, 6) is 0.944. The number of hydrogen-bond donors (Lipinski definition) is 1. The minimum atomic E-state index is 0.0282. The van der Waals surface area contributed by atoms with E-state index in [0.717, 1.165) is 56.3 Å². The van der Waals surface area contributed by atoms with Crippen molar-refractivity contribution in [1.29, 1.82) is 0 Å². The van der Waals surface area contributed by atoms with Gasteiger partial charge in [-0.15, -0.1) is 0 Å². The number of amides is 1. The second kappa shape index (κ2) is 8.78. The van der Waals surface area contributed by atoms with Gasteiger partial charge in [0.1, 0.15) is 0 Å². The number of hydrogen-bond acceptors (Lipinski definition) is 5. The predicted molar refractivity (Wildman–Crippen MR) is 113 cm³/mol. The Morgan fingerprint density at radius 1 is 0.929 bits per heavy atom. The van der Waals surface area contributed by atoms with E-state index in [1.807, 2.05) is 24.5 Å². The number of aromatic nitrogens is 2. The van der Waals surface area contributed by atoms with Crippen LogP contribution in [0.3, 0.4) is 0 Å². The molecule has 1 N–H and O–H groups in total. The first-order chi connectivity index (χ1) is 13.7. The second-order valence-electron chi connectivity index (χ2n) is 7.55. The van der Waals surface area contributed by atoms with Gasteiger partial charge in [0.25, 0.3) is 0 Å². The number of carbonyl (C=O) groups is 1. The van der Waals surface area contributed by atoms with Crippen LogP contribution in [0.2, 0.25) is 5.02 Å². The number of nitrogens with zero attached hydrogens (tertiary/aromatic N) is 4. The zero-order chi connectivity index (χ0) is 19.3. The van der Waals surface area contributed by atoms with Crippen molar-refractivity contribution in [2.24, 2.45) is 5.92 Å². The number of piperidine rings is 2. The molecule has 7 heteroatoms. The number of nitrogens with one attached hydrogen (secondary N) is 1. The van der Waals surface area contributed by atoms with E-state index in [4.69, 9.17) is 11.6 Å². The molecule has 0 saturated carbocycles. The summed E-state index contributed by atoms with van der Waals surface area (Å²) in [5, 5.41) is 3.66. The van der Waals surface area contributed by atoms with Crippen molar-refractivity contribution in [2.75, 3.05) is 41.3 Å². The van der Waals surface area contributed by atoms with E-state index < -0.39 is 0 Å². The first kappa shape index (κ1) is 19.0. The average Bonchev–Trinajstić information content (AvgIpc) is 2.76. The smallest absolute Gasteiger partial charge is 0.227 e. The van der Waals surface area contributed by atoms with Crippen LogP contribution in [0.5, 0.6) is 0 Å². The lowest BCUT2D eigenvalue weighted by Crippen LogP contribution is -2.38. The summed E-state index contributed by atoms with van der Waals surface area (Å²) < 4.78 is 0. The maximum absolute atomic E-state index is 12.5. The minimum Gasteiger partial charge on any atom is -0.369 e. The molecule has 0 aliphatic carbocycles. The Hall–Kier alpha value is -2.34. The second-order valence-corrected chi connectivity index (χ2v) is 7.98. The van der Waals surface area contributed by atoms with Crippen LogP contribution < -0.4 is 15.1 Å². The SMILES string of the molecule is O=C(Nc1ccc(Cl)cc1)C1CCN(c2cnc(N3CCCCC3)nc2)CC1. The fraction of sp³-hybridized carbons (Fsp3) is 0.476. The summed E-state index contributed by atoms with van der Waals surface area (Å²) in [6.07, 6.45) is 9.24. The average molecular weight is 400 g/mol. The lowest BCUT2D eigenvalue weighted by atomic mass is 9.95. The van der Waals surface area contributed by atoms with Gasteiger partial charge in [-0.05, 0) is 56.4 Å². The van der Waals surface area contributed by atoms with Crippen molar-refractivity contribution in [3.05, 3.63) is 41.7 Å². The highest BCUT2D eigenvalue weighted by Crippen LogP contribution is 2.25. The number of anilines is 3. The summed E-state index contributed by atoms with van der Waals surface area (Å²) in [6.45, 7) is 3.77. The Kier molecular flexibility index (Phi) is 5.95. The van der Waals surface area contributed by atoms with Crippen LogP contribution in [0.1, 0.15) is 32.1 Å². The Labute approximate surface area is 170 Å². The maximum atomic E-state index is 12.5. The molecule has 1 amide bonds. The van der Waals surface area contributed by atoms with Crippen molar-refractivity contribution in [2.45, 2.75) is 32.1 Å². The van der Waals surface area contributed by atoms with E-state index in [1.165, 1.54) is 19.3 Å². The van der Waals surface area contributed by atoms with Crippen molar-refractivity contribution in [1.82, 2.24) is 9.97 Å². The lowest BCUT2D eigenvalue weighted by molar-refractivity contribution is -0.120. The number of carbonyl (C=O) groups excluding carboxylic acids is 1. The molecule has 0 radical (unpaired) electrons. The third kappa shape index (κ3) is 4.55.